The molecule has 0 aromatic heterocycles. The van der Waals surface area contributed by atoms with Crippen molar-refractivity contribution in [3.05, 3.63) is 71.8 Å². The quantitative estimate of drug-likeness (QED) is 0.619. The fraction of sp³-hybridized carbons (Fsp3) is 0.391. The van der Waals surface area contributed by atoms with Gasteiger partial charge in [-0.15, -0.1) is 0 Å². The first-order valence-corrected chi connectivity index (χ1v) is 10.0. The molecule has 0 spiro atoms. The molecule has 0 saturated carbocycles. The van der Waals surface area contributed by atoms with Crippen LogP contribution >= 0.6 is 0 Å². The maximum Gasteiger partial charge on any atom is 0.216 e. The molecule has 2 aromatic rings. The third-order valence-electron chi connectivity index (χ3n) is 5.25. The Hall–Kier alpha value is -2.66. The van der Waals surface area contributed by atoms with E-state index in [2.05, 4.69) is 92.6 Å². The van der Waals surface area contributed by atoms with E-state index in [1.165, 1.54) is 5.56 Å². The molecule has 0 radical (unpaired) electrons. The van der Waals surface area contributed by atoms with Crippen molar-refractivity contribution in [3.8, 4) is 0 Å². The maximum atomic E-state index is 5.05. The molecule has 1 atom stereocenters. The minimum Gasteiger partial charge on any atom is -0.355 e. The van der Waals surface area contributed by atoms with Crippen LogP contribution in [-0.4, -0.2) is 54.9 Å². The van der Waals surface area contributed by atoms with Crippen molar-refractivity contribution < 1.29 is 0 Å². The summed E-state index contributed by atoms with van der Waals surface area (Å²) < 4.78 is 0. The average molecular weight is 378 g/mol. The van der Waals surface area contributed by atoms with Gasteiger partial charge in [0.1, 0.15) is 0 Å². The highest BCUT2D eigenvalue weighted by molar-refractivity contribution is 6.10. The van der Waals surface area contributed by atoms with Crippen LogP contribution in [0, 0.1) is 0 Å². The molecule has 5 nitrogen and oxygen atoms in total. The minimum absolute atomic E-state index is 0.213. The summed E-state index contributed by atoms with van der Waals surface area (Å²) >= 11 is 0. The number of aliphatic imine (C=N–C) groups is 1. The summed E-state index contributed by atoms with van der Waals surface area (Å²) in [6.07, 6.45) is 0. The van der Waals surface area contributed by atoms with Crippen molar-refractivity contribution in [1.29, 1.82) is 0 Å². The lowest BCUT2D eigenvalue weighted by Crippen LogP contribution is -2.42. The number of rotatable bonds is 6. The van der Waals surface area contributed by atoms with Gasteiger partial charge >= 0.3 is 0 Å². The fourth-order valence-corrected chi connectivity index (χ4v) is 3.44. The zero-order valence-electron chi connectivity index (χ0n) is 17.4. The van der Waals surface area contributed by atoms with Crippen molar-refractivity contribution >= 4 is 11.7 Å². The lowest BCUT2D eigenvalue weighted by molar-refractivity contribution is 0.355. The van der Waals surface area contributed by atoms with E-state index in [1.807, 2.05) is 11.1 Å². The summed E-state index contributed by atoms with van der Waals surface area (Å²) in [5.74, 6) is 0.830. The highest BCUT2D eigenvalue weighted by Gasteiger charge is 2.42. The third-order valence-corrected chi connectivity index (χ3v) is 5.25. The number of hydrogen-bond acceptors (Lipinski definition) is 3. The van der Waals surface area contributed by atoms with Gasteiger partial charge in [-0.3, -0.25) is 4.90 Å². The summed E-state index contributed by atoms with van der Waals surface area (Å²) in [7, 11) is 2.07. The van der Waals surface area contributed by atoms with Crippen LogP contribution < -0.4 is 5.32 Å². The maximum absolute atomic E-state index is 5.05. The minimum atomic E-state index is -0.213. The number of nitrogens with one attached hydrogen (secondary N) is 1. The second-order valence-electron chi connectivity index (χ2n) is 7.40. The van der Waals surface area contributed by atoms with Gasteiger partial charge in [-0.2, -0.15) is 5.10 Å². The van der Waals surface area contributed by atoms with E-state index in [-0.39, 0.29) is 5.41 Å². The smallest absolute Gasteiger partial charge is 0.216 e. The van der Waals surface area contributed by atoms with E-state index in [0.29, 0.717) is 6.67 Å². The molecule has 0 unspecified atom stereocenters. The van der Waals surface area contributed by atoms with Gasteiger partial charge < -0.3 is 5.32 Å². The Kier molecular flexibility index (Phi) is 6.47. The van der Waals surface area contributed by atoms with E-state index in [0.717, 1.165) is 36.9 Å². The van der Waals surface area contributed by atoms with Crippen molar-refractivity contribution in [2.75, 3.05) is 33.4 Å². The van der Waals surface area contributed by atoms with Crippen LogP contribution in [0.4, 0.5) is 0 Å². The summed E-state index contributed by atoms with van der Waals surface area (Å²) in [6.45, 7) is 9.67. The molecule has 0 aliphatic carbocycles. The van der Waals surface area contributed by atoms with Crippen molar-refractivity contribution in [1.82, 2.24) is 15.2 Å². The number of nitrogens with zero attached hydrogens (tertiary/aromatic N) is 4. The Bertz CT molecular complexity index is 815. The molecule has 1 heterocycles. The van der Waals surface area contributed by atoms with Crippen LogP contribution in [0.1, 0.15) is 31.9 Å². The fourth-order valence-electron chi connectivity index (χ4n) is 3.44. The third kappa shape index (κ3) is 4.25. The number of hydrogen-bond donors (Lipinski definition) is 1. The van der Waals surface area contributed by atoms with Crippen molar-refractivity contribution in [2.45, 2.75) is 26.2 Å². The van der Waals surface area contributed by atoms with Gasteiger partial charge in [-0.05, 0) is 38.6 Å². The Morgan fingerprint density at radius 1 is 1.11 bits per heavy atom. The molecule has 1 N–H and O–H groups in total. The molecule has 28 heavy (non-hydrogen) atoms. The molecule has 0 bridgehead atoms. The summed E-state index contributed by atoms with van der Waals surface area (Å²) in [5.41, 5.74) is 3.28. The largest absolute Gasteiger partial charge is 0.355 e. The van der Waals surface area contributed by atoms with Gasteiger partial charge in [0.05, 0.1) is 24.3 Å². The zero-order chi connectivity index (χ0) is 20.0. The molecule has 0 amide bonds. The van der Waals surface area contributed by atoms with Gasteiger partial charge in [0, 0.05) is 6.54 Å². The SMILES string of the molecule is CCNC(=NCN(C)CC)N1C[C@](C)(c2ccccc2)C(c2ccccc2)=N1. The predicted octanol–water partition coefficient (Wildman–Crippen LogP) is 3.54. The van der Waals surface area contributed by atoms with E-state index < -0.39 is 0 Å². The van der Waals surface area contributed by atoms with Gasteiger partial charge in [0.25, 0.3) is 0 Å². The highest BCUT2D eigenvalue weighted by Crippen LogP contribution is 2.35. The van der Waals surface area contributed by atoms with E-state index >= 15 is 0 Å². The van der Waals surface area contributed by atoms with Crippen LogP contribution in [-0.2, 0) is 5.41 Å². The first-order chi connectivity index (χ1) is 13.6. The Labute approximate surface area is 168 Å². The van der Waals surface area contributed by atoms with Gasteiger partial charge in [0.2, 0.25) is 5.96 Å². The molecule has 3 rings (SSSR count). The van der Waals surface area contributed by atoms with Crippen LogP contribution in [0.25, 0.3) is 0 Å². The molecule has 148 valence electrons. The topological polar surface area (TPSA) is 43.2 Å². The first-order valence-electron chi connectivity index (χ1n) is 10.0. The summed E-state index contributed by atoms with van der Waals surface area (Å²) in [6, 6.07) is 21.1. The van der Waals surface area contributed by atoms with Crippen molar-refractivity contribution in [2.24, 2.45) is 10.1 Å². The Morgan fingerprint density at radius 3 is 2.36 bits per heavy atom. The van der Waals surface area contributed by atoms with Crippen LogP contribution in [0.3, 0.4) is 0 Å². The van der Waals surface area contributed by atoms with E-state index in [9.17, 15) is 0 Å². The zero-order valence-corrected chi connectivity index (χ0v) is 17.4. The lowest BCUT2D eigenvalue weighted by Gasteiger charge is -2.28. The summed E-state index contributed by atoms with van der Waals surface area (Å²) in [4.78, 5) is 6.98. The molecule has 5 heteroatoms. The number of hydrazone groups is 1. The Morgan fingerprint density at radius 2 is 1.75 bits per heavy atom. The molecular formula is C23H31N5. The van der Waals surface area contributed by atoms with Gasteiger partial charge in [-0.1, -0.05) is 67.6 Å². The Balaban J connectivity index is 2.01. The second-order valence-corrected chi connectivity index (χ2v) is 7.40. The monoisotopic (exact) mass is 377 g/mol. The van der Waals surface area contributed by atoms with Gasteiger partial charge in [0.15, 0.2) is 0 Å². The highest BCUT2D eigenvalue weighted by atomic mass is 15.5. The normalized spacial score (nSPS) is 19.8. The van der Waals surface area contributed by atoms with Crippen LogP contribution in [0.15, 0.2) is 70.8 Å². The van der Waals surface area contributed by atoms with Gasteiger partial charge in [-0.25, -0.2) is 10.0 Å². The molecule has 1 aliphatic rings. The molecular weight excluding hydrogens is 346 g/mol. The van der Waals surface area contributed by atoms with E-state index in [1.54, 1.807) is 0 Å². The average Bonchev–Trinajstić information content (AvgIpc) is 3.10. The molecule has 0 fully saturated rings. The lowest BCUT2D eigenvalue weighted by atomic mass is 9.76. The predicted molar refractivity (Wildman–Crippen MR) is 118 cm³/mol. The summed E-state index contributed by atoms with van der Waals surface area (Å²) in [5, 5.41) is 10.5. The standard InChI is InChI=1S/C23H31N5/c1-5-24-22(25-18-27(4)6-2)28-17-23(3,20-15-11-8-12-16-20)21(26-28)19-13-9-7-10-14-19/h7-16H,5-6,17-18H2,1-4H3,(H,24,25)/t23-/m1/s1. The van der Waals surface area contributed by atoms with Crippen LogP contribution in [0.2, 0.25) is 0 Å². The number of guanidine groups is 1. The molecule has 1 aliphatic heterocycles. The first kappa shape index (κ1) is 20.1. The second kappa shape index (κ2) is 9.02. The van der Waals surface area contributed by atoms with E-state index in [4.69, 9.17) is 10.1 Å². The van der Waals surface area contributed by atoms with Crippen LogP contribution in [0.5, 0.6) is 0 Å². The number of benzene rings is 2. The molecule has 2 aromatic carbocycles. The van der Waals surface area contributed by atoms with Crippen molar-refractivity contribution in [3.63, 3.8) is 0 Å². The molecule has 0 saturated heterocycles.